The monoisotopic (exact) mass is 480 g/mol. The second-order valence-electron chi connectivity index (χ2n) is 6.92. The van der Waals surface area contributed by atoms with Crippen LogP contribution in [0.2, 0.25) is 0 Å². The molecular formula is C23H16N2O10. The van der Waals surface area contributed by atoms with Crippen molar-refractivity contribution in [3.63, 3.8) is 0 Å². The van der Waals surface area contributed by atoms with Crippen LogP contribution < -0.4 is 14.2 Å². The average Bonchev–Trinajstić information content (AvgIpc) is 2.84. The molecule has 0 spiro atoms. The van der Waals surface area contributed by atoms with Crippen molar-refractivity contribution in [2.24, 2.45) is 0 Å². The lowest BCUT2D eigenvalue weighted by Gasteiger charge is -2.16. The van der Waals surface area contributed by atoms with Crippen molar-refractivity contribution >= 4 is 29.1 Å². The van der Waals surface area contributed by atoms with Gasteiger partial charge in [-0.15, -0.1) is 0 Å². The summed E-state index contributed by atoms with van der Waals surface area (Å²) in [5.41, 5.74) is -0.716. The maximum absolute atomic E-state index is 12.7. The third-order valence-electron chi connectivity index (χ3n) is 4.69. The molecule has 0 radical (unpaired) electrons. The summed E-state index contributed by atoms with van der Waals surface area (Å²) in [5.74, 6) is -3.30. The van der Waals surface area contributed by atoms with Crippen molar-refractivity contribution in [1.29, 1.82) is 0 Å². The molecule has 3 rings (SSSR count). The van der Waals surface area contributed by atoms with Crippen LogP contribution in [0.3, 0.4) is 0 Å². The van der Waals surface area contributed by atoms with Gasteiger partial charge in [-0.05, 0) is 43.3 Å². The van der Waals surface area contributed by atoms with Gasteiger partial charge in [-0.2, -0.15) is 0 Å². The van der Waals surface area contributed by atoms with Crippen molar-refractivity contribution in [2.75, 3.05) is 7.11 Å². The smallest absolute Gasteiger partial charge is 0.343 e. The summed E-state index contributed by atoms with van der Waals surface area (Å²) in [7, 11) is 1.26. The molecular weight excluding hydrogens is 464 g/mol. The first-order valence-corrected chi connectivity index (χ1v) is 9.77. The fourth-order valence-electron chi connectivity index (χ4n) is 2.92. The van der Waals surface area contributed by atoms with Gasteiger partial charge in [0, 0.05) is 24.3 Å². The van der Waals surface area contributed by atoms with E-state index in [1.165, 1.54) is 38.3 Å². The summed E-state index contributed by atoms with van der Waals surface area (Å²) in [5, 5.41) is 21.7. The number of ether oxygens (including phenoxy) is 3. The van der Waals surface area contributed by atoms with Gasteiger partial charge in [-0.25, -0.2) is 9.59 Å². The molecule has 0 saturated carbocycles. The molecule has 0 unspecified atom stereocenters. The summed E-state index contributed by atoms with van der Waals surface area (Å²) >= 11 is 0. The molecule has 0 amide bonds. The van der Waals surface area contributed by atoms with Crippen LogP contribution in [0.15, 0.2) is 60.7 Å². The molecule has 3 aromatic carbocycles. The van der Waals surface area contributed by atoms with Crippen LogP contribution in [-0.4, -0.2) is 34.7 Å². The van der Waals surface area contributed by atoms with Gasteiger partial charge >= 0.3 is 11.9 Å². The fraction of sp³-hybridized carbons (Fsp3) is 0.0870. The van der Waals surface area contributed by atoms with Gasteiger partial charge in [0.2, 0.25) is 5.75 Å². The van der Waals surface area contributed by atoms with Gasteiger partial charge in [-0.3, -0.25) is 25.0 Å². The Morgan fingerprint density at radius 3 is 1.49 bits per heavy atom. The molecule has 35 heavy (non-hydrogen) atoms. The number of rotatable bonds is 8. The number of ketones is 1. The largest absolute Gasteiger partial charge is 0.493 e. The lowest BCUT2D eigenvalue weighted by molar-refractivity contribution is -0.385. The molecule has 0 N–H and O–H groups in total. The number of carbonyl (C=O) groups is 3. The van der Waals surface area contributed by atoms with E-state index in [0.29, 0.717) is 0 Å². The lowest BCUT2D eigenvalue weighted by Crippen LogP contribution is -2.15. The number of nitro benzene ring substituents is 2. The first kappa shape index (κ1) is 24.5. The second-order valence-corrected chi connectivity index (χ2v) is 6.92. The van der Waals surface area contributed by atoms with E-state index in [1.807, 2.05) is 0 Å². The minimum atomic E-state index is -0.983. The summed E-state index contributed by atoms with van der Waals surface area (Å²) in [4.78, 5) is 58.0. The van der Waals surface area contributed by atoms with E-state index in [9.17, 15) is 34.6 Å². The van der Waals surface area contributed by atoms with E-state index < -0.39 is 33.3 Å². The van der Waals surface area contributed by atoms with Crippen LogP contribution in [0.1, 0.15) is 38.0 Å². The van der Waals surface area contributed by atoms with Crippen molar-refractivity contribution in [1.82, 2.24) is 0 Å². The molecule has 0 aliphatic rings. The minimum absolute atomic E-state index is 0.0447. The van der Waals surface area contributed by atoms with Crippen molar-refractivity contribution in [3.8, 4) is 17.2 Å². The Bertz CT molecular complexity index is 1330. The third kappa shape index (κ3) is 5.45. The van der Waals surface area contributed by atoms with Crippen LogP contribution in [0.25, 0.3) is 0 Å². The summed E-state index contributed by atoms with van der Waals surface area (Å²) in [6.45, 7) is 1.20. The normalized spacial score (nSPS) is 10.2. The van der Waals surface area contributed by atoms with E-state index in [0.717, 1.165) is 36.4 Å². The zero-order valence-corrected chi connectivity index (χ0v) is 18.3. The molecule has 0 fully saturated rings. The number of nitrogens with zero attached hydrogens (tertiary/aromatic N) is 2. The van der Waals surface area contributed by atoms with E-state index in [4.69, 9.17) is 14.2 Å². The second kappa shape index (κ2) is 10.2. The maximum atomic E-state index is 12.7. The highest BCUT2D eigenvalue weighted by molar-refractivity contribution is 6.01. The molecule has 12 heteroatoms. The number of esters is 2. The minimum Gasteiger partial charge on any atom is -0.493 e. The molecule has 0 aliphatic heterocycles. The molecule has 0 heterocycles. The molecule has 0 saturated heterocycles. The van der Waals surface area contributed by atoms with Crippen molar-refractivity contribution in [3.05, 3.63) is 97.6 Å². The van der Waals surface area contributed by atoms with Crippen molar-refractivity contribution in [2.45, 2.75) is 6.92 Å². The average molecular weight is 480 g/mol. The first-order chi connectivity index (χ1) is 16.6. The molecule has 0 bridgehead atoms. The Balaban J connectivity index is 2.00. The van der Waals surface area contributed by atoms with Gasteiger partial charge in [0.15, 0.2) is 17.3 Å². The highest BCUT2D eigenvalue weighted by Crippen LogP contribution is 2.41. The van der Waals surface area contributed by atoms with Gasteiger partial charge < -0.3 is 14.2 Å². The summed E-state index contributed by atoms with van der Waals surface area (Å²) in [6.07, 6.45) is 0. The Kier molecular flexibility index (Phi) is 7.15. The molecule has 0 atom stereocenters. The summed E-state index contributed by atoms with van der Waals surface area (Å²) in [6, 6.07) is 11.7. The zero-order chi connectivity index (χ0) is 25.7. The maximum Gasteiger partial charge on any atom is 0.343 e. The van der Waals surface area contributed by atoms with Gasteiger partial charge in [0.25, 0.3) is 11.4 Å². The van der Waals surface area contributed by atoms with E-state index in [2.05, 4.69) is 0 Å². The molecule has 3 aromatic rings. The Morgan fingerprint density at radius 1 is 0.686 bits per heavy atom. The van der Waals surface area contributed by atoms with Gasteiger partial charge in [-0.1, -0.05) is 0 Å². The Hall–Kier alpha value is -5.13. The number of non-ortho nitro benzene ring substituents is 2. The van der Waals surface area contributed by atoms with E-state index in [1.54, 1.807) is 0 Å². The predicted molar refractivity (Wildman–Crippen MR) is 119 cm³/mol. The van der Waals surface area contributed by atoms with Crippen LogP contribution in [0.4, 0.5) is 11.4 Å². The number of Topliss-reactive ketones (excluding diaryl/α,β-unsaturated/α-hetero) is 1. The molecule has 0 aromatic heterocycles. The van der Waals surface area contributed by atoms with Crippen LogP contribution >= 0.6 is 0 Å². The number of benzene rings is 3. The van der Waals surface area contributed by atoms with E-state index in [-0.39, 0.29) is 39.6 Å². The van der Waals surface area contributed by atoms with Gasteiger partial charge in [0.05, 0.1) is 33.6 Å². The highest BCUT2D eigenvalue weighted by atomic mass is 16.6. The Morgan fingerprint density at radius 2 is 1.11 bits per heavy atom. The van der Waals surface area contributed by atoms with Gasteiger partial charge in [0.1, 0.15) is 0 Å². The first-order valence-electron chi connectivity index (χ1n) is 9.77. The molecule has 178 valence electrons. The molecule has 0 aliphatic carbocycles. The molecule has 12 nitrogen and oxygen atoms in total. The third-order valence-corrected chi connectivity index (χ3v) is 4.69. The highest BCUT2D eigenvalue weighted by Gasteiger charge is 2.26. The number of hydrogen-bond donors (Lipinski definition) is 0. The van der Waals surface area contributed by atoms with Crippen LogP contribution in [0, 0.1) is 20.2 Å². The van der Waals surface area contributed by atoms with E-state index >= 15 is 0 Å². The quantitative estimate of drug-likeness (QED) is 0.150. The lowest BCUT2D eigenvalue weighted by atomic mass is 10.1. The standard InChI is InChI=1S/C23H16N2O10/c1-13(26)18-11-12-19(33-2)21(35-23(28)15-5-9-17(10-6-15)25(31)32)20(18)34-22(27)14-3-7-16(8-4-14)24(29)30/h3-12H,1-2H3. The Labute approximate surface area is 197 Å². The number of hydrogen-bond acceptors (Lipinski definition) is 10. The van der Waals surface area contributed by atoms with Crippen molar-refractivity contribution < 1.29 is 38.4 Å². The summed E-state index contributed by atoms with van der Waals surface area (Å²) < 4.78 is 16.0. The van der Waals surface area contributed by atoms with Crippen LogP contribution in [-0.2, 0) is 0 Å². The number of methoxy groups -OCH3 is 1. The fourth-order valence-corrected chi connectivity index (χ4v) is 2.92. The topological polar surface area (TPSA) is 165 Å². The predicted octanol–water partition coefficient (Wildman–Crippen LogP) is 4.15. The zero-order valence-electron chi connectivity index (χ0n) is 18.3. The number of nitro groups is 2. The van der Waals surface area contributed by atoms with Crippen LogP contribution in [0.5, 0.6) is 17.2 Å². The number of carbonyl (C=O) groups excluding carboxylic acids is 3. The SMILES string of the molecule is COc1ccc(C(C)=O)c(OC(=O)c2ccc([N+](=O)[O-])cc2)c1OC(=O)c1ccc([N+](=O)[O-])cc1.